The number of ether oxygens (including phenoxy) is 1. The van der Waals surface area contributed by atoms with Crippen molar-refractivity contribution in [3.05, 3.63) is 23.3 Å². The third-order valence-corrected chi connectivity index (χ3v) is 4.54. The third kappa shape index (κ3) is 2.97. The molecule has 1 spiro atoms. The number of piperidine rings is 1. The summed E-state index contributed by atoms with van der Waals surface area (Å²) in [4.78, 5) is 23.0. The molecule has 0 unspecified atom stereocenters. The maximum absolute atomic E-state index is 12.1. The Labute approximate surface area is 137 Å². The summed E-state index contributed by atoms with van der Waals surface area (Å²) in [5, 5.41) is 0. The fraction of sp³-hybridized carbons (Fsp3) is 0.688. The van der Waals surface area contributed by atoms with Crippen LogP contribution in [-0.4, -0.2) is 40.5 Å². The van der Waals surface area contributed by atoms with Gasteiger partial charge in [0.1, 0.15) is 11.4 Å². The zero-order valence-corrected chi connectivity index (χ0v) is 14.3. The van der Waals surface area contributed by atoms with Gasteiger partial charge in [0.2, 0.25) is 5.91 Å². The minimum atomic E-state index is -0.310. The van der Waals surface area contributed by atoms with E-state index in [1.165, 1.54) is 5.56 Å². The van der Waals surface area contributed by atoms with E-state index in [0.29, 0.717) is 0 Å². The molecule has 0 N–H and O–H groups in total. The molecule has 1 aromatic heterocycles. The number of carbonyl (C=O) groups excluding carboxylic acids is 1. The molecule has 122 valence electrons. The second kappa shape index (κ2) is 6.50. The molecule has 6 heteroatoms. The van der Waals surface area contributed by atoms with Crippen LogP contribution in [0.5, 0.6) is 0 Å². The van der Waals surface area contributed by atoms with Crippen molar-refractivity contribution < 1.29 is 9.53 Å². The third-order valence-electron chi connectivity index (χ3n) is 4.54. The highest BCUT2D eigenvalue weighted by Crippen LogP contribution is 2.40. The molecule has 0 atom stereocenters. The molecular weight excluding hydrogens is 302 g/mol. The van der Waals surface area contributed by atoms with E-state index in [1.807, 2.05) is 31.9 Å². The Morgan fingerprint density at radius 1 is 1.36 bits per heavy atom. The summed E-state index contributed by atoms with van der Waals surface area (Å²) in [7, 11) is 0. The van der Waals surface area contributed by atoms with E-state index in [1.54, 1.807) is 0 Å². The van der Waals surface area contributed by atoms with Crippen molar-refractivity contribution in [1.29, 1.82) is 0 Å². The van der Waals surface area contributed by atoms with Crippen molar-refractivity contribution >= 4 is 18.3 Å². The van der Waals surface area contributed by atoms with Gasteiger partial charge in [-0.15, -0.1) is 12.4 Å². The smallest absolute Gasteiger partial charge is 0.225 e. The van der Waals surface area contributed by atoms with Crippen LogP contribution in [0.15, 0.2) is 6.20 Å². The number of hydrogen-bond acceptors (Lipinski definition) is 4. The summed E-state index contributed by atoms with van der Waals surface area (Å²) < 4.78 is 6.15. The first-order valence-corrected chi connectivity index (χ1v) is 7.77. The van der Waals surface area contributed by atoms with E-state index in [4.69, 9.17) is 4.74 Å². The standard InChI is InChI=1S/C16H23N3O2.ClH/c1-11(2)15(20)19-7-5-16(6-8-19)14-13(4-9-21-16)10-17-12(3)18-14;/h10-11H,4-9H2,1-3H3;1H. The Bertz CT molecular complexity index is 554. The van der Waals surface area contributed by atoms with E-state index in [0.717, 1.165) is 50.5 Å². The lowest BCUT2D eigenvalue weighted by Gasteiger charge is -2.44. The number of nitrogens with zero attached hydrogens (tertiary/aromatic N) is 3. The van der Waals surface area contributed by atoms with Gasteiger partial charge in [-0.3, -0.25) is 4.79 Å². The van der Waals surface area contributed by atoms with Gasteiger partial charge in [-0.2, -0.15) is 0 Å². The topological polar surface area (TPSA) is 55.3 Å². The molecule has 1 saturated heterocycles. The second-order valence-corrected chi connectivity index (χ2v) is 6.36. The largest absolute Gasteiger partial charge is 0.368 e. The molecule has 3 heterocycles. The van der Waals surface area contributed by atoms with E-state index in [9.17, 15) is 4.79 Å². The molecule has 0 saturated carbocycles. The van der Waals surface area contributed by atoms with Gasteiger partial charge >= 0.3 is 0 Å². The number of rotatable bonds is 1. The van der Waals surface area contributed by atoms with E-state index < -0.39 is 0 Å². The molecule has 0 aromatic carbocycles. The van der Waals surface area contributed by atoms with Crippen LogP contribution < -0.4 is 0 Å². The van der Waals surface area contributed by atoms with Gasteiger partial charge in [-0.25, -0.2) is 9.97 Å². The van der Waals surface area contributed by atoms with Crippen molar-refractivity contribution in [3.8, 4) is 0 Å². The number of fused-ring (bicyclic) bond motifs is 2. The number of hydrogen-bond donors (Lipinski definition) is 0. The molecule has 2 aliphatic heterocycles. The molecule has 0 aliphatic carbocycles. The van der Waals surface area contributed by atoms with Crippen LogP contribution in [0.3, 0.4) is 0 Å². The van der Waals surface area contributed by atoms with Crippen molar-refractivity contribution in [3.63, 3.8) is 0 Å². The molecule has 0 radical (unpaired) electrons. The first kappa shape index (κ1) is 17.2. The number of aryl methyl sites for hydroxylation is 1. The van der Waals surface area contributed by atoms with Crippen LogP contribution in [-0.2, 0) is 21.6 Å². The monoisotopic (exact) mass is 325 g/mol. The molecule has 1 amide bonds. The summed E-state index contributed by atoms with van der Waals surface area (Å²) in [6, 6.07) is 0. The van der Waals surface area contributed by atoms with Gasteiger partial charge in [0, 0.05) is 25.2 Å². The number of aromatic nitrogens is 2. The minimum absolute atomic E-state index is 0. The second-order valence-electron chi connectivity index (χ2n) is 6.36. The fourth-order valence-electron chi connectivity index (χ4n) is 3.33. The highest BCUT2D eigenvalue weighted by molar-refractivity contribution is 5.85. The number of amides is 1. The summed E-state index contributed by atoms with van der Waals surface area (Å²) >= 11 is 0. The normalized spacial score (nSPS) is 19.7. The zero-order valence-electron chi connectivity index (χ0n) is 13.5. The fourth-order valence-corrected chi connectivity index (χ4v) is 3.33. The van der Waals surface area contributed by atoms with Crippen LogP contribution in [0.1, 0.15) is 43.8 Å². The van der Waals surface area contributed by atoms with Crippen LogP contribution in [0.2, 0.25) is 0 Å². The van der Waals surface area contributed by atoms with Gasteiger partial charge in [-0.1, -0.05) is 13.8 Å². The van der Waals surface area contributed by atoms with Crippen molar-refractivity contribution in [2.75, 3.05) is 19.7 Å². The predicted octanol–water partition coefficient (Wildman–Crippen LogP) is 2.25. The van der Waals surface area contributed by atoms with Crippen molar-refractivity contribution in [1.82, 2.24) is 14.9 Å². The molecule has 22 heavy (non-hydrogen) atoms. The summed E-state index contributed by atoms with van der Waals surface area (Å²) in [6.07, 6.45) is 4.48. The Morgan fingerprint density at radius 2 is 2.05 bits per heavy atom. The van der Waals surface area contributed by atoms with E-state index >= 15 is 0 Å². The predicted molar refractivity (Wildman–Crippen MR) is 86.0 cm³/mol. The summed E-state index contributed by atoms with van der Waals surface area (Å²) in [5.74, 6) is 1.09. The van der Waals surface area contributed by atoms with E-state index in [-0.39, 0.29) is 29.8 Å². The Kier molecular flexibility index (Phi) is 5.07. The number of carbonyl (C=O) groups is 1. The molecule has 5 nitrogen and oxygen atoms in total. The quantitative estimate of drug-likeness (QED) is 0.794. The molecule has 1 fully saturated rings. The molecule has 0 bridgehead atoms. The number of halogens is 1. The maximum atomic E-state index is 12.1. The summed E-state index contributed by atoms with van der Waals surface area (Å²) in [6.45, 7) is 8.04. The Morgan fingerprint density at radius 3 is 2.68 bits per heavy atom. The van der Waals surface area contributed by atoms with Gasteiger partial charge in [-0.05, 0) is 31.7 Å². The van der Waals surface area contributed by atoms with Gasteiger partial charge < -0.3 is 9.64 Å². The van der Waals surface area contributed by atoms with Gasteiger partial charge in [0.15, 0.2) is 0 Å². The average molecular weight is 326 g/mol. The van der Waals surface area contributed by atoms with Crippen molar-refractivity contribution in [2.45, 2.75) is 45.6 Å². The van der Waals surface area contributed by atoms with Crippen LogP contribution >= 0.6 is 12.4 Å². The average Bonchev–Trinajstić information content (AvgIpc) is 2.48. The highest BCUT2D eigenvalue weighted by atomic mass is 35.5. The van der Waals surface area contributed by atoms with Crippen LogP contribution in [0, 0.1) is 12.8 Å². The van der Waals surface area contributed by atoms with Crippen LogP contribution in [0.25, 0.3) is 0 Å². The van der Waals surface area contributed by atoms with Gasteiger partial charge in [0.05, 0.1) is 12.3 Å². The van der Waals surface area contributed by atoms with Gasteiger partial charge in [0.25, 0.3) is 0 Å². The molecule has 3 rings (SSSR count). The van der Waals surface area contributed by atoms with Crippen LogP contribution in [0.4, 0.5) is 0 Å². The minimum Gasteiger partial charge on any atom is -0.368 e. The zero-order chi connectivity index (χ0) is 15.0. The molecule has 2 aliphatic rings. The maximum Gasteiger partial charge on any atom is 0.225 e. The number of likely N-dealkylation sites (tertiary alicyclic amines) is 1. The lowest BCUT2D eigenvalue weighted by molar-refractivity contribution is -0.144. The lowest BCUT2D eigenvalue weighted by Crippen LogP contribution is -2.49. The van der Waals surface area contributed by atoms with Crippen molar-refractivity contribution in [2.24, 2.45) is 5.92 Å². The first-order chi connectivity index (χ1) is 10.0. The highest BCUT2D eigenvalue weighted by Gasteiger charge is 2.43. The Balaban J connectivity index is 0.00000176. The summed E-state index contributed by atoms with van der Waals surface area (Å²) in [5.41, 5.74) is 1.95. The Hall–Kier alpha value is -1.20. The molecular formula is C16H24ClN3O2. The lowest BCUT2D eigenvalue weighted by atomic mass is 9.83. The van der Waals surface area contributed by atoms with E-state index in [2.05, 4.69) is 9.97 Å². The SMILES string of the molecule is Cc1ncc2c(n1)C1(CCN(C(=O)C(C)C)CC1)OCC2.Cl. The molecule has 1 aromatic rings. The first-order valence-electron chi connectivity index (χ1n) is 7.77.